The minimum absolute atomic E-state index is 0.776. The first-order valence-electron chi connectivity index (χ1n) is 6.50. The van der Waals surface area contributed by atoms with Gasteiger partial charge in [-0.05, 0) is 51.5 Å². The highest BCUT2D eigenvalue weighted by molar-refractivity contribution is 5.21. The van der Waals surface area contributed by atoms with Crippen LogP contribution in [0.2, 0.25) is 0 Å². The van der Waals surface area contributed by atoms with E-state index < -0.39 is 0 Å². The van der Waals surface area contributed by atoms with E-state index in [0.29, 0.717) is 0 Å². The van der Waals surface area contributed by atoms with Gasteiger partial charge in [-0.3, -0.25) is 0 Å². The molecular formula is C14H25N3. The molecular weight excluding hydrogens is 210 g/mol. The Labute approximate surface area is 105 Å². The summed E-state index contributed by atoms with van der Waals surface area (Å²) in [6, 6.07) is 8.64. The van der Waals surface area contributed by atoms with Gasteiger partial charge in [0, 0.05) is 6.54 Å². The summed E-state index contributed by atoms with van der Waals surface area (Å²) in [6.45, 7) is 7.03. The van der Waals surface area contributed by atoms with Crippen molar-refractivity contribution in [2.75, 3.05) is 26.2 Å². The van der Waals surface area contributed by atoms with Gasteiger partial charge in [0.25, 0.3) is 0 Å². The molecule has 17 heavy (non-hydrogen) atoms. The molecule has 3 nitrogen and oxygen atoms in total. The molecule has 96 valence electrons. The van der Waals surface area contributed by atoms with Gasteiger partial charge in [0.1, 0.15) is 0 Å². The highest BCUT2D eigenvalue weighted by atomic mass is 14.9. The molecule has 0 unspecified atom stereocenters. The largest absolute Gasteiger partial charge is 0.330 e. The smallest absolute Gasteiger partial charge is 0.0205 e. The standard InChI is InChI=1S/C14H25N3/c1-13-5-2-6-14(11-13)12-17-10-4-9-16-8-3-7-15/h2,5-6,11,16-17H,3-4,7-10,12,15H2,1H3. The predicted octanol–water partition coefficient (Wildman–Crippen LogP) is 1.41. The van der Waals surface area contributed by atoms with Crippen LogP contribution in [0.1, 0.15) is 24.0 Å². The maximum atomic E-state index is 5.42. The quantitative estimate of drug-likeness (QED) is 0.567. The third-order valence-electron chi connectivity index (χ3n) is 2.68. The second-order valence-corrected chi connectivity index (χ2v) is 4.41. The number of benzene rings is 1. The van der Waals surface area contributed by atoms with E-state index in [-0.39, 0.29) is 0 Å². The van der Waals surface area contributed by atoms with Crippen molar-refractivity contribution in [3.63, 3.8) is 0 Å². The van der Waals surface area contributed by atoms with Crippen LogP contribution in [-0.4, -0.2) is 26.2 Å². The summed E-state index contributed by atoms with van der Waals surface area (Å²) in [5, 5.41) is 6.83. The van der Waals surface area contributed by atoms with Gasteiger partial charge >= 0.3 is 0 Å². The Morgan fingerprint density at radius 1 is 1.06 bits per heavy atom. The molecule has 0 saturated heterocycles. The molecule has 4 N–H and O–H groups in total. The third-order valence-corrected chi connectivity index (χ3v) is 2.68. The second kappa shape index (κ2) is 9.16. The molecule has 0 spiro atoms. The molecule has 3 heteroatoms. The van der Waals surface area contributed by atoms with Crippen LogP contribution in [0.3, 0.4) is 0 Å². The topological polar surface area (TPSA) is 50.1 Å². The van der Waals surface area contributed by atoms with E-state index in [1.807, 2.05) is 0 Å². The van der Waals surface area contributed by atoms with Crippen molar-refractivity contribution >= 4 is 0 Å². The van der Waals surface area contributed by atoms with E-state index in [9.17, 15) is 0 Å². The summed E-state index contributed by atoms with van der Waals surface area (Å²) in [7, 11) is 0. The van der Waals surface area contributed by atoms with Crippen molar-refractivity contribution in [3.05, 3.63) is 35.4 Å². The number of hydrogen-bond acceptors (Lipinski definition) is 3. The van der Waals surface area contributed by atoms with Gasteiger partial charge in [0.05, 0.1) is 0 Å². The van der Waals surface area contributed by atoms with Gasteiger partial charge in [0.15, 0.2) is 0 Å². The van der Waals surface area contributed by atoms with Crippen LogP contribution in [0.25, 0.3) is 0 Å². The number of hydrogen-bond donors (Lipinski definition) is 3. The lowest BCUT2D eigenvalue weighted by Crippen LogP contribution is -2.23. The van der Waals surface area contributed by atoms with Crippen LogP contribution in [-0.2, 0) is 6.54 Å². The third kappa shape index (κ3) is 7.10. The highest BCUT2D eigenvalue weighted by Gasteiger charge is 1.93. The molecule has 0 aliphatic carbocycles. The summed E-state index contributed by atoms with van der Waals surface area (Å²) in [4.78, 5) is 0. The Hall–Kier alpha value is -0.900. The van der Waals surface area contributed by atoms with Crippen molar-refractivity contribution in [2.24, 2.45) is 5.73 Å². The maximum absolute atomic E-state index is 5.42. The Balaban J connectivity index is 1.97. The summed E-state index contributed by atoms with van der Waals surface area (Å²) in [5.41, 5.74) is 8.10. The van der Waals surface area contributed by atoms with E-state index in [1.165, 1.54) is 11.1 Å². The Kier molecular flexibility index (Phi) is 7.63. The Bertz CT molecular complexity index is 299. The maximum Gasteiger partial charge on any atom is 0.0205 e. The summed E-state index contributed by atoms with van der Waals surface area (Å²) < 4.78 is 0. The first kappa shape index (κ1) is 14.2. The molecule has 1 aromatic rings. The van der Waals surface area contributed by atoms with E-state index in [4.69, 9.17) is 5.73 Å². The van der Waals surface area contributed by atoms with E-state index in [2.05, 4.69) is 41.8 Å². The van der Waals surface area contributed by atoms with Gasteiger partial charge in [-0.2, -0.15) is 0 Å². The normalized spacial score (nSPS) is 10.7. The summed E-state index contributed by atoms with van der Waals surface area (Å²) in [6.07, 6.45) is 2.23. The van der Waals surface area contributed by atoms with Crippen LogP contribution < -0.4 is 16.4 Å². The number of aryl methyl sites for hydroxylation is 1. The van der Waals surface area contributed by atoms with Gasteiger partial charge in [-0.1, -0.05) is 29.8 Å². The predicted molar refractivity (Wildman–Crippen MR) is 74.0 cm³/mol. The lowest BCUT2D eigenvalue weighted by molar-refractivity contribution is 0.586. The monoisotopic (exact) mass is 235 g/mol. The summed E-state index contributed by atoms with van der Waals surface area (Å²) >= 11 is 0. The van der Waals surface area contributed by atoms with Crippen LogP contribution >= 0.6 is 0 Å². The van der Waals surface area contributed by atoms with Crippen LogP contribution in [0.5, 0.6) is 0 Å². The lowest BCUT2D eigenvalue weighted by Gasteiger charge is -2.06. The molecule has 1 aromatic carbocycles. The molecule has 0 aromatic heterocycles. The average Bonchev–Trinajstić information content (AvgIpc) is 2.33. The molecule has 0 radical (unpaired) electrons. The molecule has 0 aliphatic rings. The molecule has 0 bridgehead atoms. The molecule has 1 rings (SSSR count). The Morgan fingerprint density at radius 2 is 1.82 bits per heavy atom. The SMILES string of the molecule is Cc1cccc(CNCCCNCCCN)c1. The van der Waals surface area contributed by atoms with E-state index in [1.54, 1.807) is 0 Å². The fourth-order valence-corrected chi connectivity index (χ4v) is 1.75. The van der Waals surface area contributed by atoms with Gasteiger partial charge in [-0.15, -0.1) is 0 Å². The van der Waals surface area contributed by atoms with Crippen LogP contribution in [0.15, 0.2) is 24.3 Å². The lowest BCUT2D eigenvalue weighted by atomic mass is 10.1. The number of nitrogens with two attached hydrogens (primary N) is 1. The van der Waals surface area contributed by atoms with Crippen LogP contribution in [0, 0.1) is 6.92 Å². The van der Waals surface area contributed by atoms with Gasteiger partial charge in [0.2, 0.25) is 0 Å². The molecule has 0 heterocycles. The molecule has 0 saturated carbocycles. The van der Waals surface area contributed by atoms with Gasteiger partial charge in [-0.25, -0.2) is 0 Å². The minimum atomic E-state index is 0.776. The first-order valence-corrected chi connectivity index (χ1v) is 6.50. The Morgan fingerprint density at radius 3 is 2.59 bits per heavy atom. The fourth-order valence-electron chi connectivity index (χ4n) is 1.75. The van der Waals surface area contributed by atoms with Crippen LogP contribution in [0.4, 0.5) is 0 Å². The number of rotatable bonds is 9. The highest BCUT2D eigenvalue weighted by Crippen LogP contribution is 2.02. The zero-order valence-electron chi connectivity index (χ0n) is 10.8. The zero-order valence-corrected chi connectivity index (χ0v) is 10.8. The van der Waals surface area contributed by atoms with Crippen molar-refractivity contribution in [1.29, 1.82) is 0 Å². The minimum Gasteiger partial charge on any atom is -0.330 e. The van der Waals surface area contributed by atoms with Crippen molar-refractivity contribution < 1.29 is 0 Å². The van der Waals surface area contributed by atoms with Gasteiger partial charge < -0.3 is 16.4 Å². The summed E-state index contributed by atoms with van der Waals surface area (Å²) in [5.74, 6) is 0. The van der Waals surface area contributed by atoms with E-state index >= 15 is 0 Å². The molecule has 0 amide bonds. The molecule has 0 aliphatic heterocycles. The molecule has 0 fully saturated rings. The van der Waals surface area contributed by atoms with Crippen molar-refractivity contribution in [1.82, 2.24) is 10.6 Å². The van der Waals surface area contributed by atoms with Crippen molar-refractivity contribution in [2.45, 2.75) is 26.3 Å². The number of nitrogens with one attached hydrogen (secondary N) is 2. The van der Waals surface area contributed by atoms with E-state index in [0.717, 1.165) is 45.6 Å². The molecule has 0 atom stereocenters. The zero-order chi connectivity index (χ0) is 12.3. The second-order valence-electron chi connectivity index (χ2n) is 4.41. The first-order chi connectivity index (χ1) is 8.33. The fraction of sp³-hybridized carbons (Fsp3) is 0.571. The van der Waals surface area contributed by atoms with Crippen molar-refractivity contribution in [3.8, 4) is 0 Å². The average molecular weight is 235 g/mol.